The zero-order valence-electron chi connectivity index (χ0n) is 11.5. The fraction of sp³-hybridized carbons (Fsp3) is 0.118. The van der Waals surface area contributed by atoms with Crippen LogP contribution in [0.3, 0.4) is 0 Å². The molecule has 3 heteroatoms. The van der Waals surface area contributed by atoms with Crippen LogP contribution in [0.1, 0.15) is 11.1 Å². The van der Waals surface area contributed by atoms with Crippen LogP contribution in [0.15, 0.2) is 54.6 Å². The van der Waals surface area contributed by atoms with Gasteiger partial charge >= 0.3 is 0 Å². The first-order valence-corrected chi connectivity index (χ1v) is 6.23. The lowest BCUT2D eigenvalue weighted by Crippen LogP contribution is -1.91. The molecule has 3 nitrogen and oxygen atoms in total. The average Bonchev–Trinajstić information content (AvgIpc) is 2.53. The molecule has 2 rings (SSSR count). The number of hydrogen-bond acceptors (Lipinski definition) is 3. The van der Waals surface area contributed by atoms with Crippen LogP contribution in [0, 0.1) is 0 Å². The molecule has 0 atom stereocenters. The third kappa shape index (κ3) is 3.06. The molecule has 0 unspecified atom stereocenters. The minimum Gasteiger partial charge on any atom is -0.497 e. The molecule has 0 saturated heterocycles. The van der Waals surface area contributed by atoms with Crippen LogP contribution >= 0.6 is 0 Å². The number of carbonyl (C=O) groups is 1. The molecular formula is C17H16O3. The number of allylic oxidation sites excluding steroid dienone is 1. The van der Waals surface area contributed by atoms with Crippen molar-refractivity contribution in [2.75, 3.05) is 14.2 Å². The zero-order chi connectivity index (χ0) is 14.4. The van der Waals surface area contributed by atoms with Gasteiger partial charge in [0.05, 0.1) is 14.2 Å². The van der Waals surface area contributed by atoms with E-state index in [1.54, 1.807) is 20.3 Å². The Morgan fingerprint density at radius 3 is 1.50 bits per heavy atom. The smallest absolute Gasteiger partial charge is 0.143 e. The van der Waals surface area contributed by atoms with Crippen molar-refractivity contribution >= 4 is 11.9 Å². The second kappa shape index (κ2) is 6.57. The first kappa shape index (κ1) is 13.9. The van der Waals surface area contributed by atoms with Crippen LogP contribution in [0.25, 0.3) is 5.57 Å². The highest BCUT2D eigenvalue weighted by Crippen LogP contribution is 2.26. The highest BCUT2D eigenvalue weighted by molar-refractivity contribution is 5.89. The molecule has 0 aliphatic rings. The summed E-state index contributed by atoms with van der Waals surface area (Å²) >= 11 is 0. The molecular weight excluding hydrogens is 252 g/mol. The zero-order valence-corrected chi connectivity index (χ0v) is 11.5. The van der Waals surface area contributed by atoms with Gasteiger partial charge in [-0.1, -0.05) is 24.3 Å². The standard InChI is InChI=1S/C17H16O3/c1-19-15-7-3-13(4-8-15)17(11-12-18)14-5-9-16(20-2)10-6-14/h3-12H,1-2H3. The van der Waals surface area contributed by atoms with E-state index < -0.39 is 0 Å². The Morgan fingerprint density at radius 1 is 0.800 bits per heavy atom. The number of methoxy groups -OCH3 is 2. The van der Waals surface area contributed by atoms with Gasteiger partial charge in [-0.3, -0.25) is 4.79 Å². The number of rotatable bonds is 5. The first-order valence-electron chi connectivity index (χ1n) is 6.23. The number of aldehydes is 1. The maximum atomic E-state index is 10.9. The van der Waals surface area contributed by atoms with Crippen LogP contribution in [0.5, 0.6) is 11.5 Å². The maximum absolute atomic E-state index is 10.9. The summed E-state index contributed by atoms with van der Waals surface area (Å²) in [6.07, 6.45) is 2.35. The van der Waals surface area contributed by atoms with E-state index in [0.29, 0.717) is 0 Å². The summed E-state index contributed by atoms with van der Waals surface area (Å²) in [5, 5.41) is 0. The molecule has 0 heterocycles. The molecule has 0 spiro atoms. The molecule has 0 amide bonds. The Balaban J connectivity index is 2.39. The van der Waals surface area contributed by atoms with Crippen molar-refractivity contribution in [2.45, 2.75) is 0 Å². The van der Waals surface area contributed by atoms with Gasteiger partial charge in [0.15, 0.2) is 0 Å². The Labute approximate surface area is 118 Å². The van der Waals surface area contributed by atoms with E-state index in [2.05, 4.69) is 0 Å². The number of hydrogen-bond donors (Lipinski definition) is 0. The molecule has 20 heavy (non-hydrogen) atoms. The second-order valence-electron chi connectivity index (χ2n) is 4.17. The molecule has 0 aliphatic carbocycles. The lowest BCUT2D eigenvalue weighted by Gasteiger charge is -2.09. The summed E-state index contributed by atoms with van der Waals surface area (Å²) in [6.45, 7) is 0. The van der Waals surface area contributed by atoms with Gasteiger partial charge in [0, 0.05) is 0 Å². The van der Waals surface area contributed by atoms with Crippen molar-refractivity contribution in [3.05, 3.63) is 65.7 Å². The van der Waals surface area contributed by atoms with Crippen molar-refractivity contribution in [1.29, 1.82) is 0 Å². The number of ether oxygens (including phenoxy) is 2. The van der Waals surface area contributed by atoms with Gasteiger partial charge in [-0.2, -0.15) is 0 Å². The lowest BCUT2D eigenvalue weighted by molar-refractivity contribution is -0.104. The summed E-state index contributed by atoms with van der Waals surface area (Å²) in [5.74, 6) is 1.57. The van der Waals surface area contributed by atoms with Gasteiger partial charge in [0.2, 0.25) is 0 Å². The summed E-state index contributed by atoms with van der Waals surface area (Å²) < 4.78 is 10.3. The third-order valence-electron chi connectivity index (χ3n) is 3.04. The van der Waals surface area contributed by atoms with Gasteiger partial charge in [0.25, 0.3) is 0 Å². The summed E-state index contributed by atoms with van der Waals surface area (Å²) in [7, 11) is 3.25. The van der Waals surface area contributed by atoms with E-state index in [-0.39, 0.29) is 0 Å². The summed E-state index contributed by atoms with van der Waals surface area (Å²) in [4.78, 5) is 10.9. The molecule has 0 radical (unpaired) electrons. The van der Waals surface area contributed by atoms with Crippen LogP contribution in [0.4, 0.5) is 0 Å². The Kier molecular flexibility index (Phi) is 4.56. The highest BCUT2D eigenvalue weighted by Gasteiger charge is 2.05. The molecule has 0 N–H and O–H groups in total. The van der Waals surface area contributed by atoms with Crippen molar-refractivity contribution < 1.29 is 14.3 Å². The third-order valence-corrected chi connectivity index (χ3v) is 3.04. The Hall–Kier alpha value is -2.55. The molecule has 0 aromatic heterocycles. The van der Waals surface area contributed by atoms with Gasteiger partial charge in [0.1, 0.15) is 17.8 Å². The predicted molar refractivity (Wildman–Crippen MR) is 79.1 cm³/mol. The van der Waals surface area contributed by atoms with E-state index in [9.17, 15) is 4.79 Å². The SMILES string of the molecule is COc1ccc(C(=CC=O)c2ccc(OC)cc2)cc1. The molecule has 2 aromatic rings. The molecule has 2 aromatic carbocycles. The monoisotopic (exact) mass is 268 g/mol. The fourth-order valence-electron chi connectivity index (χ4n) is 1.97. The van der Waals surface area contributed by atoms with E-state index in [1.165, 1.54) is 0 Å². The summed E-state index contributed by atoms with van der Waals surface area (Å²) in [6, 6.07) is 15.2. The lowest BCUT2D eigenvalue weighted by atomic mass is 9.97. The van der Waals surface area contributed by atoms with E-state index >= 15 is 0 Å². The molecule has 0 bridgehead atoms. The molecule has 0 aliphatic heterocycles. The molecule has 102 valence electrons. The summed E-state index contributed by atoms with van der Waals surface area (Å²) in [5.41, 5.74) is 2.79. The topological polar surface area (TPSA) is 35.5 Å². The second-order valence-corrected chi connectivity index (χ2v) is 4.17. The van der Waals surface area contributed by atoms with Gasteiger partial charge in [-0.05, 0) is 47.0 Å². The van der Waals surface area contributed by atoms with Gasteiger partial charge in [-0.25, -0.2) is 0 Å². The predicted octanol–water partition coefficient (Wildman–Crippen LogP) is 3.33. The van der Waals surface area contributed by atoms with Crippen LogP contribution in [-0.4, -0.2) is 20.5 Å². The quantitative estimate of drug-likeness (QED) is 0.616. The first-order chi connectivity index (χ1) is 9.78. The Bertz CT molecular complexity index is 546. The number of benzene rings is 2. The van der Waals surface area contributed by atoms with Crippen molar-refractivity contribution in [3.8, 4) is 11.5 Å². The highest BCUT2D eigenvalue weighted by atomic mass is 16.5. The van der Waals surface area contributed by atoms with Crippen molar-refractivity contribution in [1.82, 2.24) is 0 Å². The van der Waals surface area contributed by atoms with Crippen molar-refractivity contribution in [3.63, 3.8) is 0 Å². The fourth-order valence-corrected chi connectivity index (χ4v) is 1.97. The molecule has 0 saturated carbocycles. The number of carbonyl (C=O) groups excluding carboxylic acids is 1. The molecule has 0 fully saturated rings. The normalized spacial score (nSPS) is 9.70. The minimum atomic E-state index is 0.786. The van der Waals surface area contributed by atoms with Crippen LogP contribution in [0.2, 0.25) is 0 Å². The van der Waals surface area contributed by atoms with Gasteiger partial charge in [-0.15, -0.1) is 0 Å². The van der Waals surface area contributed by atoms with Crippen LogP contribution in [-0.2, 0) is 4.79 Å². The maximum Gasteiger partial charge on any atom is 0.143 e. The van der Waals surface area contributed by atoms with E-state index in [4.69, 9.17) is 9.47 Å². The van der Waals surface area contributed by atoms with Gasteiger partial charge < -0.3 is 9.47 Å². The van der Waals surface area contributed by atoms with E-state index in [0.717, 1.165) is 34.5 Å². The van der Waals surface area contributed by atoms with Crippen molar-refractivity contribution in [2.24, 2.45) is 0 Å². The average molecular weight is 268 g/mol. The Morgan fingerprint density at radius 2 is 1.20 bits per heavy atom. The minimum absolute atomic E-state index is 0.786. The van der Waals surface area contributed by atoms with E-state index in [1.807, 2.05) is 48.5 Å². The largest absolute Gasteiger partial charge is 0.497 e. The van der Waals surface area contributed by atoms with Crippen LogP contribution < -0.4 is 9.47 Å².